The second-order valence-electron chi connectivity index (χ2n) is 5.60. The maximum atomic E-state index is 13.4. The van der Waals surface area contributed by atoms with E-state index in [-0.39, 0.29) is 11.8 Å². The number of benzene rings is 1. The van der Waals surface area contributed by atoms with Crippen LogP contribution in [0.4, 0.5) is 22.0 Å². The van der Waals surface area contributed by atoms with Crippen LogP contribution in [0.15, 0.2) is 0 Å². The van der Waals surface area contributed by atoms with E-state index in [2.05, 4.69) is 0 Å². The molecule has 0 aliphatic carbocycles. The van der Waals surface area contributed by atoms with Crippen molar-refractivity contribution in [3.63, 3.8) is 0 Å². The molecular formula is C13H15F5O. The Morgan fingerprint density at radius 1 is 0.842 bits per heavy atom. The van der Waals surface area contributed by atoms with Gasteiger partial charge in [-0.1, -0.05) is 20.8 Å². The quantitative estimate of drug-likeness (QED) is 0.499. The largest absolute Gasteiger partial charge is 0.388 e. The molecule has 0 aliphatic rings. The van der Waals surface area contributed by atoms with Gasteiger partial charge in [0, 0.05) is 0 Å². The van der Waals surface area contributed by atoms with Crippen LogP contribution in [0.2, 0.25) is 0 Å². The molecule has 1 atom stereocenters. The first-order valence-corrected chi connectivity index (χ1v) is 5.75. The summed E-state index contributed by atoms with van der Waals surface area (Å²) in [6.45, 7) is 5.49. The monoisotopic (exact) mass is 282 g/mol. The third kappa shape index (κ3) is 3.43. The van der Waals surface area contributed by atoms with Crippen molar-refractivity contribution in [2.45, 2.75) is 39.7 Å². The molecule has 108 valence electrons. The smallest absolute Gasteiger partial charge is 0.200 e. The lowest BCUT2D eigenvalue weighted by Crippen LogP contribution is -2.14. The number of aliphatic hydroxyl groups excluding tert-OH is 1. The minimum atomic E-state index is -2.22. The number of halogens is 5. The van der Waals surface area contributed by atoms with Crippen LogP contribution in [-0.4, -0.2) is 5.11 Å². The minimum absolute atomic E-state index is 0.0954. The maximum Gasteiger partial charge on any atom is 0.200 e. The molecule has 1 nitrogen and oxygen atoms in total. The highest BCUT2D eigenvalue weighted by molar-refractivity contribution is 5.26. The van der Waals surface area contributed by atoms with Gasteiger partial charge in [0.15, 0.2) is 23.3 Å². The Morgan fingerprint density at radius 3 is 1.58 bits per heavy atom. The van der Waals surface area contributed by atoms with E-state index in [4.69, 9.17) is 0 Å². The van der Waals surface area contributed by atoms with E-state index in [9.17, 15) is 27.1 Å². The van der Waals surface area contributed by atoms with Crippen molar-refractivity contribution in [3.05, 3.63) is 34.6 Å². The maximum absolute atomic E-state index is 13.4. The Bertz CT molecular complexity index is 450. The average molecular weight is 282 g/mol. The lowest BCUT2D eigenvalue weighted by molar-refractivity contribution is 0.136. The van der Waals surface area contributed by atoms with E-state index in [0.29, 0.717) is 6.42 Å². The van der Waals surface area contributed by atoms with Crippen molar-refractivity contribution < 1.29 is 27.1 Å². The van der Waals surface area contributed by atoms with Gasteiger partial charge in [0.05, 0.1) is 11.7 Å². The van der Waals surface area contributed by atoms with E-state index in [1.807, 2.05) is 20.8 Å². The summed E-state index contributed by atoms with van der Waals surface area (Å²) < 4.78 is 65.5. The molecule has 0 aliphatic heterocycles. The third-order valence-electron chi connectivity index (χ3n) is 2.74. The van der Waals surface area contributed by atoms with Crippen molar-refractivity contribution in [2.75, 3.05) is 0 Å². The molecule has 1 rings (SSSR count). The van der Waals surface area contributed by atoms with Gasteiger partial charge in [-0.15, -0.1) is 0 Å². The van der Waals surface area contributed by atoms with Gasteiger partial charge in [0.2, 0.25) is 5.82 Å². The fourth-order valence-electron chi connectivity index (χ4n) is 1.63. The van der Waals surface area contributed by atoms with E-state index in [0.717, 1.165) is 0 Å². The average Bonchev–Trinajstić information content (AvgIpc) is 2.31. The highest BCUT2D eigenvalue weighted by Crippen LogP contribution is 2.32. The molecule has 1 N–H and O–H groups in total. The molecule has 0 spiro atoms. The first-order valence-electron chi connectivity index (χ1n) is 5.75. The molecular weight excluding hydrogens is 267 g/mol. The highest BCUT2D eigenvalue weighted by Gasteiger charge is 2.30. The molecule has 0 saturated carbocycles. The molecule has 0 saturated heterocycles. The van der Waals surface area contributed by atoms with E-state index < -0.39 is 40.8 Å². The van der Waals surface area contributed by atoms with Crippen LogP contribution in [0.5, 0.6) is 0 Å². The molecule has 19 heavy (non-hydrogen) atoms. The van der Waals surface area contributed by atoms with Crippen LogP contribution in [-0.2, 0) is 0 Å². The van der Waals surface area contributed by atoms with Gasteiger partial charge in [-0.3, -0.25) is 0 Å². The van der Waals surface area contributed by atoms with Crippen LogP contribution in [0.3, 0.4) is 0 Å². The molecule has 1 aromatic carbocycles. The van der Waals surface area contributed by atoms with E-state index >= 15 is 0 Å². The lowest BCUT2D eigenvalue weighted by Gasteiger charge is -2.21. The topological polar surface area (TPSA) is 20.2 Å². The number of hydrogen-bond donors (Lipinski definition) is 1. The van der Waals surface area contributed by atoms with Gasteiger partial charge in [-0.2, -0.15) is 0 Å². The second-order valence-corrected chi connectivity index (χ2v) is 5.60. The Balaban J connectivity index is 3.14. The van der Waals surface area contributed by atoms with Crippen molar-refractivity contribution in [3.8, 4) is 0 Å². The molecule has 0 amide bonds. The Kier molecular flexibility index (Phi) is 4.55. The van der Waals surface area contributed by atoms with Crippen molar-refractivity contribution in [2.24, 2.45) is 5.41 Å². The molecule has 6 heteroatoms. The van der Waals surface area contributed by atoms with Crippen LogP contribution in [0.1, 0.15) is 45.3 Å². The SMILES string of the molecule is CC(C)(C)CCC(O)c1c(F)c(F)c(F)c(F)c1F. The summed E-state index contributed by atoms with van der Waals surface area (Å²) in [5.41, 5.74) is -1.40. The van der Waals surface area contributed by atoms with Crippen LogP contribution in [0, 0.1) is 34.5 Å². The zero-order valence-electron chi connectivity index (χ0n) is 10.8. The van der Waals surface area contributed by atoms with Crippen molar-refractivity contribution in [1.82, 2.24) is 0 Å². The summed E-state index contributed by atoms with van der Waals surface area (Å²) in [4.78, 5) is 0. The summed E-state index contributed by atoms with van der Waals surface area (Å²) in [6, 6.07) is 0. The fourth-order valence-corrected chi connectivity index (χ4v) is 1.63. The normalized spacial score (nSPS) is 13.7. The van der Waals surface area contributed by atoms with Gasteiger partial charge >= 0.3 is 0 Å². The van der Waals surface area contributed by atoms with Gasteiger partial charge < -0.3 is 5.11 Å². The molecule has 0 bridgehead atoms. The zero-order chi connectivity index (χ0) is 15.0. The van der Waals surface area contributed by atoms with Crippen LogP contribution in [0.25, 0.3) is 0 Å². The first kappa shape index (κ1) is 15.9. The summed E-state index contributed by atoms with van der Waals surface area (Å²) >= 11 is 0. The van der Waals surface area contributed by atoms with Crippen LogP contribution < -0.4 is 0 Å². The summed E-state index contributed by atoms with van der Waals surface area (Å²) in [7, 11) is 0. The van der Waals surface area contributed by atoms with Gasteiger partial charge in [0.1, 0.15) is 0 Å². The predicted molar refractivity (Wildman–Crippen MR) is 59.9 cm³/mol. The first-order chi connectivity index (χ1) is 8.56. The molecule has 0 heterocycles. The fraction of sp³-hybridized carbons (Fsp3) is 0.538. The molecule has 1 unspecified atom stereocenters. The van der Waals surface area contributed by atoms with Gasteiger partial charge in [-0.25, -0.2) is 22.0 Å². The molecule has 0 radical (unpaired) electrons. The van der Waals surface area contributed by atoms with Crippen molar-refractivity contribution in [1.29, 1.82) is 0 Å². The van der Waals surface area contributed by atoms with E-state index in [1.54, 1.807) is 0 Å². The third-order valence-corrected chi connectivity index (χ3v) is 2.74. The summed E-state index contributed by atoms with van der Waals surface area (Å²) in [5, 5.41) is 9.65. The number of hydrogen-bond acceptors (Lipinski definition) is 1. The lowest BCUT2D eigenvalue weighted by atomic mass is 9.88. The highest BCUT2D eigenvalue weighted by atomic mass is 19.2. The van der Waals surface area contributed by atoms with E-state index in [1.165, 1.54) is 0 Å². The Hall–Kier alpha value is -1.17. The second kappa shape index (κ2) is 5.45. The van der Waals surface area contributed by atoms with Gasteiger partial charge in [0.25, 0.3) is 0 Å². The number of aliphatic hydroxyl groups is 1. The zero-order valence-corrected chi connectivity index (χ0v) is 10.8. The van der Waals surface area contributed by atoms with Crippen LogP contribution >= 0.6 is 0 Å². The Morgan fingerprint density at radius 2 is 1.21 bits per heavy atom. The predicted octanol–water partition coefficient (Wildman–Crippen LogP) is 4.24. The Labute approximate surface area is 108 Å². The number of rotatable bonds is 3. The van der Waals surface area contributed by atoms with Crippen molar-refractivity contribution >= 4 is 0 Å². The standard InChI is InChI=1S/C13H15F5O/c1-13(2,3)5-4-6(19)7-8(14)10(16)12(18)11(17)9(7)15/h6,19H,4-5H2,1-3H3. The summed E-state index contributed by atoms with van der Waals surface area (Å²) in [6.07, 6.45) is -1.46. The van der Waals surface area contributed by atoms with Gasteiger partial charge in [-0.05, 0) is 18.3 Å². The minimum Gasteiger partial charge on any atom is -0.388 e. The molecule has 0 aromatic heterocycles. The molecule has 0 fully saturated rings. The molecule has 1 aromatic rings. The summed E-state index contributed by atoms with van der Waals surface area (Å²) in [5.74, 6) is -10.2.